The number of carboxylic acid groups (broad SMARTS) is 1. The highest BCUT2D eigenvalue weighted by Crippen LogP contribution is 2.33. The molecule has 1 rings (SSSR count). The third-order valence-electron chi connectivity index (χ3n) is 2.81. The van der Waals surface area contributed by atoms with Crippen molar-refractivity contribution in [1.29, 1.82) is 0 Å². The number of rotatable bonds is 5. The second-order valence-corrected chi connectivity index (χ2v) is 8.05. The quantitative estimate of drug-likeness (QED) is 0.556. The smallest absolute Gasteiger partial charge is 0.306 e. The van der Waals surface area contributed by atoms with Crippen molar-refractivity contribution in [2.24, 2.45) is 11.8 Å². The van der Waals surface area contributed by atoms with Gasteiger partial charge in [0.1, 0.15) is 10.7 Å². The summed E-state index contributed by atoms with van der Waals surface area (Å²) in [5.41, 5.74) is 0.162. The first-order chi connectivity index (χ1) is 9.96. The van der Waals surface area contributed by atoms with Crippen LogP contribution in [-0.4, -0.2) is 29.2 Å². The van der Waals surface area contributed by atoms with Gasteiger partial charge in [0.25, 0.3) is 10.1 Å². The SMILES string of the molecule is CC(C)CC(C)C(=O)O.O=S(=O)(O)C(P)c1ccccc1O. The van der Waals surface area contributed by atoms with Crippen LogP contribution in [0.5, 0.6) is 5.75 Å². The Morgan fingerprint density at radius 3 is 2.05 bits per heavy atom. The Kier molecular flexibility index (Phi) is 8.60. The van der Waals surface area contributed by atoms with Crippen molar-refractivity contribution in [3.63, 3.8) is 0 Å². The highest BCUT2D eigenvalue weighted by Gasteiger charge is 2.21. The molecule has 0 aromatic heterocycles. The van der Waals surface area contributed by atoms with E-state index >= 15 is 0 Å². The zero-order valence-corrected chi connectivity index (χ0v) is 14.8. The predicted octanol–water partition coefficient (Wildman–Crippen LogP) is 2.91. The van der Waals surface area contributed by atoms with Crippen molar-refractivity contribution in [1.82, 2.24) is 0 Å². The average molecular weight is 350 g/mol. The summed E-state index contributed by atoms with van der Waals surface area (Å²) < 4.78 is 30.1. The monoisotopic (exact) mass is 350 g/mol. The predicted molar refractivity (Wildman–Crippen MR) is 88.4 cm³/mol. The molecular formula is C14H23O6PS. The van der Waals surface area contributed by atoms with E-state index in [4.69, 9.17) is 9.66 Å². The number of hydrogen-bond acceptors (Lipinski definition) is 4. The molecule has 0 radical (unpaired) electrons. The molecule has 0 saturated heterocycles. The van der Waals surface area contributed by atoms with Crippen LogP contribution in [-0.2, 0) is 14.9 Å². The van der Waals surface area contributed by atoms with Gasteiger partial charge in [0.2, 0.25) is 0 Å². The topological polar surface area (TPSA) is 112 Å². The Morgan fingerprint density at radius 2 is 1.73 bits per heavy atom. The average Bonchev–Trinajstić information content (AvgIpc) is 2.37. The van der Waals surface area contributed by atoms with Crippen molar-refractivity contribution in [2.45, 2.75) is 32.2 Å². The van der Waals surface area contributed by atoms with Crippen LogP contribution in [0.3, 0.4) is 0 Å². The summed E-state index contributed by atoms with van der Waals surface area (Å²) in [6.45, 7) is 5.79. The van der Waals surface area contributed by atoms with E-state index in [0.29, 0.717) is 5.92 Å². The lowest BCUT2D eigenvalue weighted by Crippen LogP contribution is -2.11. The van der Waals surface area contributed by atoms with Crippen LogP contribution in [0, 0.1) is 11.8 Å². The maximum absolute atomic E-state index is 10.7. The molecule has 8 heteroatoms. The standard InChI is InChI=1S/C7H9O4PS.C7H14O2/c8-6-4-2-1-3-5(6)7(12)13(9,10)11;1-5(2)4-6(3)7(8)9/h1-4,7-8H,12H2,(H,9,10,11);5-6H,4H2,1-3H3,(H,8,9). The number of hydrogen-bond donors (Lipinski definition) is 3. The third-order valence-corrected chi connectivity index (χ3v) is 5.10. The molecule has 126 valence electrons. The molecule has 0 amide bonds. The van der Waals surface area contributed by atoms with Crippen LogP contribution in [0.25, 0.3) is 0 Å². The van der Waals surface area contributed by atoms with Crippen molar-refractivity contribution in [3.05, 3.63) is 29.8 Å². The van der Waals surface area contributed by atoms with E-state index in [1.165, 1.54) is 12.1 Å². The molecule has 6 nitrogen and oxygen atoms in total. The molecule has 0 bridgehead atoms. The Bertz CT molecular complexity index is 585. The van der Waals surface area contributed by atoms with Crippen molar-refractivity contribution >= 4 is 25.3 Å². The first-order valence-corrected chi connectivity index (χ1v) is 8.86. The minimum absolute atomic E-state index is 0.153. The summed E-state index contributed by atoms with van der Waals surface area (Å²) in [4.78, 5) is 9.05. The lowest BCUT2D eigenvalue weighted by molar-refractivity contribution is -0.141. The van der Waals surface area contributed by atoms with Gasteiger partial charge in [-0.3, -0.25) is 9.35 Å². The minimum Gasteiger partial charge on any atom is -0.508 e. The molecule has 22 heavy (non-hydrogen) atoms. The largest absolute Gasteiger partial charge is 0.508 e. The van der Waals surface area contributed by atoms with Gasteiger partial charge >= 0.3 is 5.97 Å². The van der Waals surface area contributed by atoms with Gasteiger partial charge in [0, 0.05) is 5.56 Å². The van der Waals surface area contributed by atoms with Crippen molar-refractivity contribution < 1.29 is 28.0 Å². The summed E-state index contributed by atoms with van der Waals surface area (Å²) in [7, 11) is -2.22. The first-order valence-electron chi connectivity index (χ1n) is 6.69. The molecule has 1 aromatic carbocycles. The Balaban J connectivity index is 0.000000433. The Labute approximate surface area is 133 Å². The summed E-state index contributed by atoms with van der Waals surface area (Å²) in [6.07, 6.45) is 0.773. The second kappa shape index (κ2) is 9.08. The molecule has 0 aliphatic rings. The van der Waals surface area contributed by atoms with Gasteiger partial charge in [-0.1, -0.05) is 39.0 Å². The highest BCUT2D eigenvalue weighted by atomic mass is 32.2. The van der Waals surface area contributed by atoms with E-state index in [-0.39, 0.29) is 17.2 Å². The molecule has 0 spiro atoms. The van der Waals surface area contributed by atoms with Crippen LogP contribution >= 0.6 is 9.24 Å². The zero-order valence-electron chi connectivity index (χ0n) is 12.8. The molecule has 0 saturated carbocycles. The second-order valence-electron chi connectivity index (χ2n) is 5.36. The van der Waals surface area contributed by atoms with E-state index in [2.05, 4.69) is 0 Å². The zero-order chi connectivity index (χ0) is 17.5. The van der Waals surface area contributed by atoms with Gasteiger partial charge < -0.3 is 10.2 Å². The molecule has 0 aliphatic heterocycles. The fourth-order valence-corrected chi connectivity index (χ4v) is 2.50. The van der Waals surface area contributed by atoms with Gasteiger partial charge in [-0.15, -0.1) is 9.24 Å². The maximum atomic E-state index is 10.7. The fraction of sp³-hybridized carbons (Fsp3) is 0.500. The van der Waals surface area contributed by atoms with Crippen LogP contribution in [0.15, 0.2) is 24.3 Å². The van der Waals surface area contributed by atoms with Gasteiger partial charge in [-0.2, -0.15) is 8.42 Å². The summed E-state index contributed by atoms with van der Waals surface area (Å²) >= 11 is 0. The van der Waals surface area contributed by atoms with E-state index < -0.39 is 21.1 Å². The number of phenols is 1. The Hall–Kier alpha value is -1.17. The Morgan fingerprint density at radius 1 is 1.23 bits per heavy atom. The molecule has 3 atom stereocenters. The molecule has 0 fully saturated rings. The van der Waals surface area contributed by atoms with E-state index in [0.717, 1.165) is 6.42 Å². The van der Waals surface area contributed by atoms with Gasteiger partial charge in [0.15, 0.2) is 0 Å². The fourth-order valence-electron chi connectivity index (χ4n) is 1.70. The van der Waals surface area contributed by atoms with Gasteiger partial charge in [-0.25, -0.2) is 0 Å². The van der Waals surface area contributed by atoms with Crippen LogP contribution in [0.1, 0.15) is 37.7 Å². The van der Waals surface area contributed by atoms with Crippen LogP contribution < -0.4 is 0 Å². The van der Waals surface area contributed by atoms with E-state index in [9.17, 15) is 18.3 Å². The normalized spacial score (nSPS) is 13.9. The number of para-hydroxylation sites is 1. The number of phenolic OH excluding ortho intramolecular Hbond substituents is 1. The molecule has 1 aromatic rings. The van der Waals surface area contributed by atoms with Crippen LogP contribution in [0.4, 0.5) is 0 Å². The van der Waals surface area contributed by atoms with E-state index in [1.807, 2.05) is 23.1 Å². The highest BCUT2D eigenvalue weighted by molar-refractivity contribution is 7.90. The minimum atomic E-state index is -4.18. The first kappa shape index (κ1) is 20.8. The molecule has 3 N–H and O–H groups in total. The number of carbonyl (C=O) groups is 1. The van der Waals surface area contributed by atoms with Crippen molar-refractivity contribution in [3.8, 4) is 5.75 Å². The number of aromatic hydroxyl groups is 1. The summed E-state index contributed by atoms with van der Waals surface area (Å²) in [5.74, 6) is -0.551. The van der Waals surface area contributed by atoms with Crippen molar-refractivity contribution in [2.75, 3.05) is 0 Å². The lowest BCUT2D eigenvalue weighted by Gasteiger charge is -2.09. The van der Waals surface area contributed by atoms with Gasteiger partial charge in [-0.05, 0) is 18.4 Å². The van der Waals surface area contributed by atoms with Gasteiger partial charge in [0.05, 0.1) is 5.92 Å². The summed E-state index contributed by atoms with van der Waals surface area (Å²) in [6, 6.07) is 5.94. The van der Waals surface area contributed by atoms with Crippen LogP contribution in [0.2, 0.25) is 0 Å². The number of benzene rings is 1. The van der Waals surface area contributed by atoms with E-state index in [1.54, 1.807) is 19.1 Å². The summed E-state index contributed by atoms with van der Waals surface area (Å²) in [5, 5.41) is 17.7. The lowest BCUT2D eigenvalue weighted by atomic mass is 9.99. The molecule has 0 heterocycles. The number of aliphatic carboxylic acids is 1. The third kappa shape index (κ3) is 7.73. The molecular weight excluding hydrogens is 327 g/mol. The molecule has 0 aliphatic carbocycles. The maximum Gasteiger partial charge on any atom is 0.306 e. The molecule has 3 unspecified atom stereocenters. The number of carboxylic acids is 1.